The van der Waals surface area contributed by atoms with Gasteiger partial charge in [0.2, 0.25) is 5.91 Å². The highest BCUT2D eigenvalue weighted by Gasteiger charge is 2.39. The molecular formula is C13H23NO4. The third-order valence-corrected chi connectivity index (χ3v) is 4.01. The molecule has 3 atom stereocenters. The first-order chi connectivity index (χ1) is 8.27. The Labute approximate surface area is 108 Å². The maximum Gasteiger partial charge on any atom is 0.310 e. The number of aliphatic carboxylic acids is 1. The molecule has 5 heteroatoms. The van der Waals surface area contributed by atoms with E-state index in [2.05, 4.69) is 5.32 Å². The third kappa shape index (κ3) is 3.22. The first kappa shape index (κ1) is 15.0. The number of carboxylic acids is 1. The van der Waals surface area contributed by atoms with Crippen molar-refractivity contribution in [1.29, 1.82) is 0 Å². The van der Waals surface area contributed by atoms with E-state index in [0.29, 0.717) is 6.61 Å². The molecular weight excluding hydrogens is 234 g/mol. The van der Waals surface area contributed by atoms with Gasteiger partial charge in [-0.25, -0.2) is 0 Å². The van der Waals surface area contributed by atoms with Crippen LogP contribution in [-0.4, -0.2) is 35.7 Å². The molecule has 0 aliphatic carbocycles. The van der Waals surface area contributed by atoms with E-state index in [1.165, 1.54) is 0 Å². The van der Waals surface area contributed by atoms with Crippen LogP contribution in [0.3, 0.4) is 0 Å². The minimum absolute atomic E-state index is 0.00251. The van der Waals surface area contributed by atoms with Crippen LogP contribution in [0.25, 0.3) is 0 Å². The summed E-state index contributed by atoms with van der Waals surface area (Å²) < 4.78 is 5.36. The zero-order valence-electron chi connectivity index (χ0n) is 11.5. The van der Waals surface area contributed by atoms with Crippen LogP contribution in [0.2, 0.25) is 0 Å². The van der Waals surface area contributed by atoms with Crippen LogP contribution in [0, 0.1) is 11.3 Å². The maximum atomic E-state index is 11.9. The SMILES string of the molecule is CC1OCCC1NC(=O)CC(C)(C(=O)O)C(C)C. The van der Waals surface area contributed by atoms with Crippen molar-refractivity contribution >= 4 is 11.9 Å². The van der Waals surface area contributed by atoms with Gasteiger partial charge >= 0.3 is 5.97 Å². The Bertz CT molecular complexity index is 329. The van der Waals surface area contributed by atoms with E-state index in [4.69, 9.17) is 4.74 Å². The molecule has 0 aromatic rings. The van der Waals surface area contributed by atoms with E-state index >= 15 is 0 Å². The third-order valence-electron chi connectivity index (χ3n) is 4.01. The highest BCUT2D eigenvalue weighted by molar-refractivity contribution is 5.85. The fourth-order valence-corrected chi connectivity index (χ4v) is 2.04. The van der Waals surface area contributed by atoms with E-state index in [-0.39, 0.29) is 30.4 Å². The van der Waals surface area contributed by atoms with Gasteiger partial charge in [0.05, 0.1) is 17.6 Å². The summed E-state index contributed by atoms with van der Waals surface area (Å²) >= 11 is 0. The van der Waals surface area contributed by atoms with Crippen LogP contribution in [0.1, 0.15) is 40.5 Å². The molecule has 1 heterocycles. The van der Waals surface area contributed by atoms with Gasteiger partial charge in [0.25, 0.3) is 0 Å². The second-order valence-corrected chi connectivity index (χ2v) is 5.59. The van der Waals surface area contributed by atoms with E-state index in [1.54, 1.807) is 6.92 Å². The van der Waals surface area contributed by atoms with E-state index in [9.17, 15) is 14.7 Å². The summed E-state index contributed by atoms with van der Waals surface area (Å²) in [7, 11) is 0. The van der Waals surface area contributed by atoms with E-state index < -0.39 is 11.4 Å². The summed E-state index contributed by atoms with van der Waals surface area (Å²) in [6.45, 7) is 7.82. The minimum atomic E-state index is -1.02. The Balaban J connectivity index is 2.60. The first-order valence-electron chi connectivity index (χ1n) is 6.41. The van der Waals surface area contributed by atoms with Crippen molar-refractivity contribution < 1.29 is 19.4 Å². The lowest BCUT2D eigenvalue weighted by Gasteiger charge is -2.29. The van der Waals surface area contributed by atoms with Crippen molar-refractivity contribution in [2.45, 2.75) is 52.7 Å². The van der Waals surface area contributed by atoms with Crippen molar-refractivity contribution in [3.63, 3.8) is 0 Å². The van der Waals surface area contributed by atoms with E-state index in [0.717, 1.165) is 6.42 Å². The van der Waals surface area contributed by atoms with Crippen molar-refractivity contribution in [1.82, 2.24) is 5.32 Å². The van der Waals surface area contributed by atoms with Gasteiger partial charge in [0.1, 0.15) is 0 Å². The smallest absolute Gasteiger partial charge is 0.310 e. The molecule has 0 saturated carbocycles. The molecule has 2 N–H and O–H groups in total. The summed E-state index contributed by atoms with van der Waals surface area (Å²) in [6, 6.07) is 0.00251. The molecule has 1 rings (SSSR count). The number of hydrogen-bond donors (Lipinski definition) is 2. The van der Waals surface area contributed by atoms with Crippen molar-refractivity contribution in [3.8, 4) is 0 Å². The van der Waals surface area contributed by atoms with Crippen LogP contribution in [0.4, 0.5) is 0 Å². The summed E-state index contributed by atoms with van der Waals surface area (Å²) in [6.07, 6.45) is 0.797. The quantitative estimate of drug-likeness (QED) is 0.781. The standard InChI is InChI=1S/C13H23NO4/c1-8(2)13(4,12(16)17)7-11(15)14-10-5-6-18-9(10)3/h8-10H,5-7H2,1-4H3,(H,14,15)(H,16,17). The minimum Gasteiger partial charge on any atom is -0.481 e. The molecule has 1 fully saturated rings. The molecule has 1 aliphatic rings. The van der Waals surface area contributed by atoms with Gasteiger partial charge in [-0.05, 0) is 26.2 Å². The fraction of sp³-hybridized carbons (Fsp3) is 0.846. The van der Waals surface area contributed by atoms with Gasteiger partial charge in [-0.15, -0.1) is 0 Å². The zero-order chi connectivity index (χ0) is 13.9. The molecule has 0 radical (unpaired) electrons. The van der Waals surface area contributed by atoms with Gasteiger partial charge in [0, 0.05) is 13.0 Å². The molecule has 0 aromatic heterocycles. The lowest BCUT2D eigenvalue weighted by Crippen LogP contribution is -2.44. The number of nitrogens with one attached hydrogen (secondary N) is 1. The highest BCUT2D eigenvalue weighted by atomic mass is 16.5. The molecule has 5 nitrogen and oxygen atoms in total. The summed E-state index contributed by atoms with van der Waals surface area (Å²) in [4.78, 5) is 23.2. The number of hydrogen-bond acceptors (Lipinski definition) is 3. The van der Waals surface area contributed by atoms with Gasteiger partial charge in [-0.2, -0.15) is 0 Å². The van der Waals surface area contributed by atoms with Crippen molar-refractivity contribution in [3.05, 3.63) is 0 Å². The summed E-state index contributed by atoms with van der Waals surface area (Å²) in [5, 5.41) is 12.1. The predicted octanol–water partition coefficient (Wildman–Crippen LogP) is 1.42. The van der Waals surface area contributed by atoms with Gasteiger partial charge < -0.3 is 15.2 Å². The van der Waals surface area contributed by atoms with Crippen molar-refractivity contribution in [2.24, 2.45) is 11.3 Å². The molecule has 0 bridgehead atoms. The average molecular weight is 257 g/mol. The number of carbonyl (C=O) groups is 2. The summed E-state index contributed by atoms with van der Waals surface area (Å²) in [5.41, 5.74) is -1.02. The lowest BCUT2D eigenvalue weighted by atomic mass is 9.76. The molecule has 1 amide bonds. The van der Waals surface area contributed by atoms with Crippen LogP contribution in [0.15, 0.2) is 0 Å². The average Bonchev–Trinajstić information content (AvgIpc) is 2.63. The Kier molecular flexibility index (Phi) is 4.73. The maximum absolute atomic E-state index is 11.9. The zero-order valence-corrected chi connectivity index (χ0v) is 11.5. The molecule has 1 saturated heterocycles. The highest BCUT2D eigenvalue weighted by Crippen LogP contribution is 2.31. The monoisotopic (exact) mass is 257 g/mol. The number of amides is 1. The first-order valence-corrected chi connectivity index (χ1v) is 6.41. The number of carboxylic acid groups (broad SMARTS) is 1. The van der Waals surface area contributed by atoms with Gasteiger partial charge in [-0.1, -0.05) is 13.8 Å². The lowest BCUT2D eigenvalue weighted by molar-refractivity contribution is -0.153. The van der Waals surface area contributed by atoms with Gasteiger partial charge in [0.15, 0.2) is 0 Å². The normalized spacial score (nSPS) is 26.9. The van der Waals surface area contributed by atoms with Crippen molar-refractivity contribution in [2.75, 3.05) is 6.61 Å². The topological polar surface area (TPSA) is 75.6 Å². The fourth-order valence-electron chi connectivity index (χ4n) is 2.04. The predicted molar refractivity (Wildman–Crippen MR) is 67.2 cm³/mol. The Hall–Kier alpha value is -1.10. The van der Waals surface area contributed by atoms with Crippen LogP contribution in [-0.2, 0) is 14.3 Å². The number of carbonyl (C=O) groups excluding carboxylic acids is 1. The van der Waals surface area contributed by atoms with Crippen LogP contribution >= 0.6 is 0 Å². The summed E-state index contributed by atoms with van der Waals surface area (Å²) in [5.74, 6) is -1.24. The Morgan fingerprint density at radius 2 is 2.11 bits per heavy atom. The molecule has 0 spiro atoms. The van der Waals surface area contributed by atoms with Crippen LogP contribution in [0.5, 0.6) is 0 Å². The Morgan fingerprint density at radius 1 is 1.50 bits per heavy atom. The second-order valence-electron chi connectivity index (χ2n) is 5.59. The van der Waals surface area contributed by atoms with E-state index in [1.807, 2.05) is 20.8 Å². The molecule has 1 aliphatic heterocycles. The number of ether oxygens (including phenoxy) is 1. The Morgan fingerprint density at radius 3 is 2.50 bits per heavy atom. The second kappa shape index (κ2) is 5.69. The molecule has 18 heavy (non-hydrogen) atoms. The molecule has 104 valence electrons. The largest absolute Gasteiger partial charge is 0.481 e. The number of rotatable bonds is 5. The van der Waals surface area contributed by atoms with Crippen LogP contribution < -0.4 is 5.32 Å². The van der Waals surface area contributed by atoms with Gasteiger partial charge in [-0.3, -0.25) is 9.59 Å². The molecule has 3 unspecified atom stereocenters. The molecule has 0 aromatic carbocycles.